The van der Waals surface area contributed by atoms with Crippen LogP contribution in [0.1, 0.15) is 30.9 Å². The molecule has 2 saturated heterocycles. The Kier molecular flexibility index (Phi) is 5.90. The highest BCUT2D eigenvalue weighted by molar-refractivity contribution is 5.79. The minimum absolute atomic E-state index is 0.191. The maximum absolute atomic E-state index is 12.9. The van der Waals surface area contributed by atoms with E-state index in [1.54, 1.807) is 0 Å². The van der Waals surface area contributed by atoms with Crippen LogP contribution < -0.4 is 0 Å². The number of likely N-dealkylation sites (tertiary alicyclic amines) is 1. The van der Waals surface area contributed by atoms with Crippen LogP contribution in [0.25, 0.3) is 0 Å². The molecule has 2 aliphatic rings. The normalized spacial score (nSPS) is 23.4. The van der Waals surface area contributed by atoms with E-state index in [1.807, 2.05) is 0 Å². The summed E-state index contributed by atoms with van der Waals surface area (Å²) in [6.45, 7) is 12.3. The summed E-state index contributed by atoms with van der Waals surface area (Å²) in [5.74, 6) is 0.580. The first-order chi connectivity index (χ1) is 11.7. The molecule has 4 nitrogen and oxygen atoms in total. The van der Waals surface area contributed by atoms with Crippen molar-refractivity contribution < 1.29 is 4.79 Å². The number of aryl methyl sites for hydroxylation is 1. The van der Waals surface area contributed by atoms with Gasteiger partial charge in [-0.25, -0.2) is 0 Å². The first-order valence-corrected chi connectivity index (χ1v) is 9.45. The van der Waals surface area contributed by atoms with Crippen molar-refractivity contribution in [2.45, 2.75) is 33.2 Å². The minimum atomic E-state index is 0.191. The number of benzene rings is 1. The van der Waals surface area contributed by atoms with E-state index in [2.05, 4.69) is 52.8 Å². The number of amides is 1. The zero-order valence-corrected chi connectivity index (χ0v) is 15.2. The Morgan fingerprint density at radius 3 is 2.54 bits per heavy atom. The summed E-state index contributed by atoms with van der Waals surface area (Å²) in [6.07, 6.45) is 2.19. The first-order valence-electron chi connectivity index (χ1n) is 9.45. The van der Waals surface area contributed by atoms with E-state index in [9.17, 15) is 4.79 Å². The summed E-state index contributed by atoms with van der Waals surface area (Å²) >= 11 is 0. The summed E-state index contributed by atoms with van der Waals surface area (Å²) in [6, 6.07) is 8.60. The van der Waals surface area contributed by atoms with E-state index in [0.717, 1.165) is 65.2 Å². The SMILES string of the molecule is CCN1CCN(C(=O)C2CCCN(Cc3ccccc3C)C2)CC1. The molecule has 0 saturated carbocycles. The molecule has 0 aromatic heterocycles. The molecule has 132 valence electrons. The van der Waals surface area contributed by atoms with Gasteiger partial charge in [0.25, 0.3) is 0 Å². The molecular formula is C20H31N3O. The highest BCUT2D eigenvalue weighted by Crippen LogP contribution is 2.22. The topological polar surface area (TPSA) is 26.8 Å². The third kappa shape index (κ3) is 4.17. The smallest absolute Gasteiger partial charge is 0.227 e. The number of hydrogen-bond donors (Lipinski definition) is 0. The molecule has 0 bridgehead atoms. The predicted molar refractivity (Wildman–Crippen MR) is 97.9 cm³/mol. The lowest BCUT2D eigenvalue weighted by Crippen LogP contribution is -2.52. The van der Waals surface area contributed by atoms with Crippen molar-refractivity contribution in [3.8, 4) is 0 Å². The van der Waals surface area contributed by atoms with Crippen LogP contribution in [0.15, 0.2) is 24.3 Å². The van der Waals surface area contributed by atoms with Crippen LogP contribution in [-0.2, 0) is 11.3 Å². The van der Waals surface area contributed by atoms with Gasteiger partial charge in [-0.3, -0.25) is 9.69 Å². The van der Waals surface area contributed by atoms with Crippen LogP contribution in [0.4, 0.5) is 0 Å². The molecular weight excluding hydrogens is 298 g/mol. The van der Waals surface area contributed by atoms with Gasteiger partial charge in [0.05, 0.1) is 5.92 Å². The van der Waals surface area contributed by atoms with E-state index in [4.69, 9.17) is 0 Å². The van der Waals surface area contributed by atoms with E-state index >= 15 is 0 Å². The number of rotatable bonds is 4. The lowest BCUT2D eigenvalue weighted by Gasteiger charge is -2.38. The monoisotopic (exact) mass is 329 g/mol. The fraction of sp³-hybridized carbons (Fsp3) is 0.650. The highest BCUT2D eigenvalue weighted by Gasteiger charge is 2.30. The van der Waals surface area contributed by atoms with Crippen LogP contribution in [0.2, 0.25) is 0 Å². The zero-order chi connectivity index (χ0) is 16.9. The van der Waals surface area contributed by atoms with Gasteiger partial charge in [-0.2, -0.15) is 0 Å². The largest absolute Gasteiger partial charge is 0.340 e. The Morgan fingerprint density at radius 2 is 1.83 bits per heavy atom. The molecule has 2 heterocycles. The second-order valence-electron chi connectivity index (χ2n) is 7.26. The summed E-state index contributed by atoms with van der Waals surface area (Å²) < 4.78 is 0. The predicted octanol–water partition coefficient (Wildman–Crippen LogP) is 2.37. The van der Waals surface area contributed by atoms with Crippen LogP contribution in [0, 0.1) is 12.8 Å². The number of nitrogens with zero attached hydrogens (tertiary/aromatic N) is 3. The van der Waals surface area contributed by atoms with E-state index in [0.29, 0.717) is 5.91 Å². The Morgan fingerprint density at radius 1 is 1.08 bits per heavy atom. The third-order valence-electron chi connectivity index (χ3n) is 5.64. The molecule has 0 radical (unpaired) electrons. The zero-order valence-electron chi connectivity index (χ0n) is 15.2. The Hall–Kier alpha value is -1.39. The fourth-order valence-electron chi connectivity index (χ4n) is 3.97. The van der Waals surface area contributed by atoms with Crippen LogP contribution in [0.3, 0.4) is 0 Å². The van der Waals surface area contributed by atoms with Gasteiger partial charge in [0, 0.05) is 39.3 Å². The molecule has 0 spiro atoms. The lowest BCUT2D eigenvalue weighted by atomic mass is 9.95. The van der Waals surface area contributed by atoms with E-state index in [-0.39, 0.29) is 5.92 Å². The van der Waals surface area contributed by atoms with Crippen molar-refractivity contribution in [1.29, 1.82) is 0 Å². The number of carbonyl (C=O) groups is 1. The molecule has 1 aromatic rings. The molecule has 1 atom stereocenters. The molecule has 0 aliphatic carbocycles. The Labute approximate surface area is 146 Å². The maximum atomic E-state index is 12.9. The first kappa shape index (κ1) is 17.4. The number of piperidine rings is 1. The molecule has 2 aliphatic heterocycles. The Bertz CT molecular complexity index is 552. The maximum Gasteiger partial charge on any atom is 0.227 e. The summed E-state index contributed by atoms with van der Waals surface area (Å²) in [4.78, 5) is 19.9. The standard InChI is InChI=1S/C20H31N3O/c1-3-21-11-13-23(14-12-21)20(24)19-9-6-10-22(16-19)15-18-8-5-4-7-17(18)2/h4-5,7-8,19H,3,6,9-16H2,1-2H3. The van der Waals surface area contributed by atoms with Crippen molar-refractivity contribution in [1.82, 2.24) is 14.7 Å². The average Bonchev–Trinajstić information content (AvgIpc) is 2.63. The molecule has 1 amide bonds. The van der Waals surface area contributed by atoms with Gasteiger partial charge in [0.1, 0.15) is 0 Å². The van der Waals surface area contributed by atoms with Crippen molar-refractivity contribution in [3.05, 3.63) is 35.4 Å². The van der Waals surface area contributed by atoms with Crippen LogP contribution in [0.5, 0.6) is 0 Å². The molecule has 24 heavy (non-hydrogen) atoms. The van der Waals surface area contributed by atoms with Crippen molar-refractivity contribution in [2.75, 3.05) is 45.8 Å². The fourth-order valence-corrected chi connectivity index (χ4v) is 3.97. The summed E-state index contributed by atoms with van der Waals surface area (Å²) in [5.41, 5.74) is 2.74. The second kappa shape index (κ2) is 8.13. The minimum Gasteiger partial charge on any atom is -0.340 e. The van der Waals surface area contributed by atoms with Crippen LogP contribution in [-0.4, -0.2) is 66.4 Å². The quantitative estimate of drug-likeness (QED) is 0.848. The van der Waals surface area contributed by atoms with Gasteiger partial charge >= 0.3 is 0 Å². The lowest BCUT2D eigenvalue weighted by molar-refractivity contribution is -0.139. The molecule has 3 rings (SSSR count). The van der Waals surface area contributed by atoms with Crippen LogP contribution >= 0.6 is 0 Å². The molecule has 1 unspecified atom stereocenters. The van der Waals surface area contributed by atoms with Gasteiger partial charge in [-0.15, -0.1) is 0 Å². The number of hydrogen-bond acceptors (Lipinski definition) is 3. The molecule has 0 N–H and O–H groups in total. The van der Waals surface area contributed by atoms with Crippen molar-refractivity contribution >= 4 is 5.91 Å². The van der Waals surface area contributed by atoms with E-state index in [1.165, 1.54) is 11.1 Å². The van der Waals surface area contributed by atoms with Gasteiger partial charge in [0.2, 0.25) is 5.91 Å². The number of likely N-dealkylation sites (N-methyl/N-ethyl adjacent to an activating group) is 1. The highest BCUT2D eigenvalue weighted by atomic mass is 16.2. The Balaban J connectivity index is 1.55. The molecule has 1 aromatic carbocycles. The van der Waals surface area contributed by atoms with Gasteiger partial charge < -0.3 is 9.80 Å². The van der Waals surface area contributed by atoms with E-state index < -0.39 is 0 Å². The third-order valence-corrected chi connectivity index (χ3v) is 5.64. The van der Waals surface area contributed by atoms with Gasteiger partial charge in [0.15, 0.2) is 0 Å². The van der Waals surface area contributed by atoms with Gasteiger partial charge in [-0.1, -0.05) is 31.2 Å². The second-order valence-corrected chi connectivity index (χ2v) is 7.26. The average molecular weight is 329 g/mol. The summed E-state index contributed by atoms with van der Waals surface area (Å²) in [7, 11) is 0. The van der Waals surface area contributed by atoms with Crippen molar-refractivity contribution in [3.63, 3.8) is 0 Å². The molecule has 4 heteroatoms. The number of carbonyl (C=O) groups excluding carboxylic acids is 1. The van der Waals surface area contributed by atoms with Crippen molar-refractivity contribution in [2.24, 2.45) is 5.92 Å². The van der Waals surface area contributed by atoms with Gasteiger partial charge in [-0.05, 0) is 44.0 Å². The molecule has 2 fully saturated rings. The summed E-state index contributed by atoms with van der Waals surface area (Å²) in [5, 5.41) is 0. The number of piperazine rings is 1.